The van der Waals surface area contributed by atoms with Gasteiger partial charge < -0.3 is 24.5 Å². The highest BCUT2D eigenvalue weighted by atomic mass is 32.1. The van der Waals surface area contributed by atoms with Crippen LogP contribution in [-0.2, 0) is 4.74 Å². The topological polar surface area (TPSA) is 73.3 Å². The van der Waals surface area contributed by atoms with Crippen molar-refractivity contribution in [2.75, 3.05) is 31.1 Å². The second-order valence-corrected chi connectivity index (χ2v) is 7.88. The van der Waals surface area contributed by atoms with Crippen molar-refractivity contribution in [3.05, 3.63) is 29.8 Å². The summed E-state index contributed by atoms with van der Waals surface area (Å²) < 4.78 is 5.47. The van der Waals surface area contributed by atoms with Gasteiger partial charge in [0, 0.05) is 31.9 Å². The van der Waals surface area contributed by atoms with Crippen LogP contribution in [0, 0.1) is 0 Å². The van der Waals surface area contributed by atoms with Gasteiger partial charge in [0.1, 0.15) is 5.60 Å². The number of rotatable bonds is 2. The lowest BCUT2D eigenvalue weighted by atomic mass is 10.2. The number of thiocarbonyl (C=S) groups is 1. The van der Waals surface area contributed by atoms with Crippen LogP contribution in [-0.4, -0.2) is 69.9 Å². The fourth-order valence-electron chi connectivity index (χ4n) is 3.20. The number of carbonyl (C=O) groups excluding carboxylic acids is 1. The fourth-order valence-corrected chi connectivity index (χ4v) is 3.62. The molecule has 1 aromatic rings. The van der Waals surface area contributed by atoms with Crippen molar-refractivity contribution >= 4 is 35.1 Å². The van der Waals surface area contributed by atoms with E-state index >= 15 is 0 Å². The van der Waals surface area contributed by atoms with Crippen LogP contribution >= 0.6 is 12.2 Å². The number of carboxylic acids is 1. The summed E-state index contributed by atoms with van der Waals surface area (Å²) >= 11 is 5.60. The zero-order valence-electron chi connectivity index (χ0n) is 15.1. The van der Waals surface area contributed by atoms with Gasteiger partial charge in [-0.25, -0.2) is 9.59 Å². The molecule has 1 unspecified atom stereocenters. The summed E-state index contributed by atoms with van der Waals surface area (Å²) in [7, 11) is 0. The average molecular weight is 377 g/mol. The van der Waals surface area contributed by atoms with Gasteiger partial charge in [-0.2, -0.15) is 0 Å². The number of hydrogen-bond donors (Lipinski definition) is 1. The van der Waals surface area contributed by atoms with Crippen LogP contribution in [0.15, 0.2) is 24.3 Å². The molecular formula is C18H23N3O4S. The lowest BCUT2D eigenvalue weighted by Crippen LogP contribution is -2.54. The van der Waals surface area contributed by atoms with Crippen LogP contribution in [0.2, 0.25) is 0 Å². The summed E-state index contributed by atoms with van der Waals surface area (Å²) in [5, 5.41) is 9.74. The third-order valence-corrected chi connectivity index (χ3v) is 4.89. The molecule has 7 nitrogen and oxygen atoms in total. The van der Waals surface area contributed by atoms with E-state index in [1.807, 2.05) is 25.7 Å². The molecule has 0 radical (unpaired) electrons. The molecule has 0 spiro atoms. The number of benzene rings is 1. The Kier molecular flexibility index (Phi) is 4.79. The first-order valence-electron chi connectivity index (χ1n) is 8.55. The van der Waals surface area contributed by atoms with Crippen molar-refractivity contribution in [2.45, 2.75) is 32.4 Å². The van der Waals surface area contributed by atoms with Gasteiger partial charge in [-0.1, -0.05) is 0 Å². The van der Waals surface area contributed by atoms with Crippen LogP contribution < -0.4 is 4.90 Å². The van der Waals surface area contributed by atoms with Gasteiger partial charge in [0.15, 0.2) is 5.11 Å². The average Bonchev–Trinajstić information content (AvgIpc) is 2.90. The molecule has 1 amide bonds. The molecule has 1 N–H and O–H groups in total. The van der Waals surface area contributed by atoms with Crippen LogP contribution in [0.1, 0.15) is 31.1 Å². The Balaban J connectivity index is 1.69. The first-order valence-corrected chi connectivity index (χ1v) is 8.96. The molecule has 1 aromatic carbocycles. The van der Waals surface area contributed by atoms with Crippen molar-refractivity contribution in [1.82, 2.24) is 9.80 Å². The van der Waals surface area contributed by atoms with Gasteiger partial charge in [0.05, 0.1) is 11.6 Å². The maximum absolute atomic E-state index is 12.3. The molecule has 0 aliphatic carbocycles. The minimum Gasteiger partial charge on any atom is -0.478 e. The summed E-state index contributed by atoms with van der Waals surface area (Å²) in [5.41, 5.74) is 0.586. The molecule has 2 aliphatic heterocycles. The molecule has 1 atom stereocenters. The summed E-state index contributed by atoms with van der Waals surface area (Å²) in [4.78, 5) is 29.2. The van der Waals surface area contributed by atoms with Gasteiger partial charge in [0.2, 0.25) is 0 Å². The predicted octanol–water partition coefficient (Wildman–Crippen LogP) is 2.41. The maximum atomic E-state index is 12.3. The second kappa shape index (κ2) is 6.75. The van der Waals surface area contributed by atoms with Gasteiger partial charge in [-0.15, -0.1) is 0 Å². The number of nitrogens with zero attached hydrogens (tertiary/aromatic N) is 3. The molecule has 140 valence electrons. The van der Waals surface area contributed by atoms with E-state index in [1.165, 1.54) is 0 Å². The normalized spacial score (nSPS) is 20.2. The summed E-state index contributed by atoms with van der Waals surface area (Å²) in [6.07, 6.45) is -0.299. The lowest BCUT2D eigenvalue weighted by Gasteiger charge is -2.37. The highest BCUT2D eigenvalue weighted by Crippen LogP contribution is 2.27. The first-order chi connectivity index (χ1) is 12.2. The second-order valence-electron chi connectivity index (χ2n) is 7.52. The SMILES string of the molecule is CC(C)(C)OC(=O)N1CCN2C(=S)N(c3ccc(C(=O)O)cc3)CC2C1. The van der Waals surface area contributed by atoms with E-state index in [0.717, 1.165) is 5.69 Å². The monoisotopic (exact) mass is 377 g/mol. The summed E-state index contributed by atoms with van der Waals surface area (Å²) in [6.45, 7) is 8.00. The smallest absolute Gasteiger partial charge is 0.410 e. The third kappa shape index (κ3) is 3.75. The number of carbonyl (C=O) groups is 2. The quantitative estimate of drug-likeness (QED) is 0.794. The number of aromatic carboxylic acids is 1. The lowest BCUT2D eigenvalue weighted by molar-refractivity contribution is 0.0144. The van der Waals surface area contributed by atoms with E-state index in [0.29, 0.717) is 31.3 Å². The van der Waals surface area contributed by atoms with Gasteiger partial charge in [0.25, 0.3) is 0 Å². The van der Waals surface area contributed by atoms with E-state index < -0.39 is 11.6 Å². The molecule has 0 saturated carbocycles. The Morgan fingerprint density at radius 2 is 1.81 bits per heavy atom. The van der Waals surface area contributed by atoms with Crippen molar-refractivity contribution in [2.24, 2.45) is 0 Å². The number of carboxylic acid groups (broad SMARTS) is 1. The van der Waals surface area contributed by atoms with Gasteiger partial charge >= 0.3 is 12.1 Å². The zero-order valence-corrected chi connectivity index (χ0v) is 16.0. The molecule has 26 heavy (non-hydrogen) atoms. The van der Waals surface area contributed by atoms with E-state index in [1.54, 1.807) is 29.2 Å². The molecule has 2 heterocycles. The Bertz CT molecular complexity index is 729. The number of ether oxygens (including phenoxy) is 1. The number of hydrogen-bond acceptors (Lipinski definition) is 4. The van der Waals surface area contributed by atoms with E-state index in [9.17, 15) is 9.59 Å². The molecule has 8 heteroatoms. The molecular weight excluding hydrogens is 354 g/mol. The maximum Gasteiger partial charge on any atom is 0.410 e. The third-order valence-electron chi connectivity index (χ3n) is 4.43. The summed E-state index contributed by atoms with van der Waals surface area (Å²) in [5.74, 6) is -0.953. The van der Waals surface area contributed by atoms with Crippen molar-refractivity contribution in [3.8, 4) is 0 Å². The van der Waals surface area contributed by atoms with Crippen molar-refractivity contribution < 1.29 is 19.4 Å². The Morgan fingerprint density at radius 1 is 1.15 bits per heavy atom. The van der Waals surface area contributed by atoms with E-state index in [4.69, 9.17) is 22.1 Å². The Labute approximate surface area is 158 Å². The van der Waals surface area contributed by atoms with E-state index in [2.05, 4.69) is 4.90 Å². The molecule has 2 fully saturated rings. The predicted molar refractivity (Wildman–Crippen MR) is 102 cm³/mol. The Hall–Kier alpha value is -2.35. The highest BCUT2D eigenvalue weighted by Gasteiger charge is 2.40. The van der Waals surface area contributed by atoms with Crippen LogP contribution in [0.3, 0.4) is 0 Å². The highest BCUT2D eigenvalue weighted by molar-refractivity contribution is 7.80. The Morgan fingerprint density at radius 3 is 2.38 bits per heavy atom. The summed E-state index contributed by atoms with van der Waals surface area (Å²) in [6, 6.07) is 6.78. The number of anilines is 1. The number of amides is 1. The largest absolute Gasteiger partial charge is 0.478 e. The number of piperazine rings is 1. The van der Waals surface area contributed by atoms with E-state index in [-0.39, 0.29) is 17.7 Å². The van der Waals surface area contributed by atoms with Crippen LogP contribution in [0.5, 0.6) is 0 Å². The zero-order chi connectivity index (χ0) is 19.1. The van der Waals surface area contributed by atoms with Crippen LogP contribution in [0.4, 0.5) is 10.5 Å². The molecule has 2 aliphatic rings. The minimum absolute atomic E-state index is 0.0999. The molecule has 3 rings (SSSR count). The van der Waals surface area contributed by atoms with Gasteiger partial charge in [-0.3, -0.25) is 0 Å². The molecule has 0 bridgehead atoms. The fraction of sp³-hybridized carbons (Fsp3) is 0.500. The van der Waals surface area contributed by atoms with Crippen molar-refractivity contribution in [3.63, 3.8) is 0 Å². The standard InChI is InChI=1S/C18H23N3O4S/c1-18(2,3)25-17(24)19-8-9-20-14(10-19)11-21(16(20)26)13-6-4-12(5-7-13)15(22)23/h4-7,14H,8-11H2,1-3H3,(H,22,23). The van der Waals surface area contributed by atoms with Crippen molar-refractivity contribution in [1.29, 1.82) is 0 Å². The van der Waals surface area contributed by atoms with Gasteiger partial charge in [-0.05, 0) is 57.3 Å². The first kappa shape index (κ1) is 18.4. The number of fused-ring (bicyclic) bond motifs is 1. The van der Waals surface area contributed by atoms with Crippen LogP contribution in [0.25, 0.3) is 0 Å². The molecule has 0 aromatic heterocycles. The molecule has 2 saturated heterocycles. The minimum atomic E-state index is -0.953.